The third-order valence-electron chi connectivity index (χ3n) is 1.22. The Morgan fingerprint density at radius 3 is 2.60 bits per heavy atom. The smallest absolute Gasteiger partial charge is 0.236 e. The predicted octanol–water partition coefficient (Wildman–Crippen LogP) is 1.29. The molecule has 0 spiro atoms. The van der Waals surface area contributed by atoms with E-state index in [1.807, 2.05) is 0 Å². The van der Waals surface area contributed by atoms with Crippen molar-refractivity contribution in [1.29, 1.82) is 0 Å². The topological polar surface area (TPSA) is 16.1 Å². The van der Waals surface area contributed by atoms with Crippen molar-refractivity contribution in [2.75, 3.05) is 19.0 Å². The Balaban J connectivity index is 3.03. The van der Waals surface area contributed by atoms with E-state index < -0.39 is 5.95 Å². The lowest BCUT2D eigenvalue weighted by molar-refractivity contribution is 0.583. The molecule has 0 aromatic carbocycles. The van der Waals surface area contributed by atoms with E-state index in [0.717, 1.165) is 0 Å². The second kappa shape index (κ2) is 2.64. The Hall–Kier alpha value is -1.12. The van der Waals surface area contributed by atoms with Gasteiger partial charge in [-0.15, -0.1) is 0 Å². The van der Waals surface area contributed by atoms with Crippen LogP contribution < -0.4 is 4.90 Å². The van der Waals surface area contributed by atoms with Crippen molar-refractivity contribution >= 4 is 5.69 Å². The summed E-state index contributed by atoms with van der Waals surface area (Å²) in [7, 11) is 3.56. The van der Waals surface area contributed by atoms with Crippen LogP contribution in [0.5, 0.6) is 0 Å². The Morgan fingerprint density at radius 1 is 1.50 bits per heavy atom. The summed E-state index contributed by atoms with van der Waals surface area (Å²) < 4.78 is 12.7. The molecule has 0 saturated heterocycles. The molecule has 54 valence electrons. The van der Waals surface area contributed by atoms with Gasteiger partial charge in [0.1, 0.15) is 0 Å². The van der Waals surface area contributed by atoms with Crippen molar-refractivity contribution in [1.82, 2.24) is 4.98 Å². The van der Waals surface area contributed by atoms with Gasteiger partial charge in [-0.1, -0.05) is 0 Å². The summed E-state index contributed by atoms with van der Waals surface area (Å²) in [4.78, 5) is 5.17. The zero-order valence-electron chi connectivity index (χ0n) is 6.00. The summed E-state index contributed by atoms with van der Waals surface area (Å²) in [5.41, 5.74) is 0.516. The summed E-state index contributed by atoms with van der Waals surface area (Å²) in [5.74, 6) is -0.424. The van der Waals surface area contributed by atoms with Gasteiger partial charge in [-0.3, -0.25) is 0 Å². The average molecular weight is 140 g/mol. The van der Waals surface area contributed by atoms with Gasteiger partial charge in [0, 0.05) is 20.3 Å². The van der Waals surface area contributed by atoms with E-state index >= 15 is 0 Å². The number of hydrogen-bond donors (Lipinski definition) is 0. The normalized spacial score (nSPS) is 9.50. The van der Waals surface area contributed by atoms with Gasteiger partial charge in [-0.2, -0.15) is 4.39 Å². The molecule has 3 heteroatoms. The second-order valence-electron chi connectivity index (χ2n) is 2.21. The van der Waals surface area contributed by atoms with Crippen LogP contribution in [-0.4, -0.2) is 19.1 Å². The predicted molar refractivity (Wildman–Crippen MR) is 38.5 cm³/mol. The van der Waals surface area contributed by atoms with Gasteiger partial charge in [-0.25, -0.2) is 4.98 Å². The van der Waals surface area contributed by atoms with Crippen LogP contribution >= 0.6 is 0 Å². The molecule has 1 heterocycles. The molecule has 1 aromatic heterocycles. The number of pyridine rings is 1. The molecular formula is C7H9FN2. The molecule has 0 unspecified atom stereocenters. The molecule has 0 N–H and O–H groups in total. The fraction of sp³-hybridized carbons (Fsp3) is 0.286. The summed E-state index contributed by atoms with van der Waals surface area (Å²) in [6.45, 7) is 0. The minimum Gasteiger partial charge on any atom is -0.374 e. The molecule has 0 saturated carbocycles. The lowest BCUT2D eigenvalue weighted by atomic mass is 10.4. The average Bonchev–Trinajstić information content (AvgIpc) is 1.88. The van der Waals surface area contributed by atoms with E-state index in [1.165, 1.54) is 6.20 Å². The van der Waals surface area contributed by atoms with Crippen LogP contribution in [0.2, 0.25) is 0 Å². The van der Waals surface area contributed by atoms with Crippen LogP contribution in [0.25, 0.3) is 0 Å². The molecule has 0 fully saturated rings. The highest BCUT2D eigenvalue weighted by Crippen LogP contribution is 2.11. The van der Waals surface area contributed by atoms with Crippen molar-refractivity contribution < 1.29 is 4.39 Å². The van der Waals surface area contributed by atoms with Crippen molar-refractivity contribution in [3.63, 3.8) is 0 Å². The number of anilines is 1. The van der Waals surface area contributed by atoms with Gasteiger partial charge < -0.3 is 4.90 Å². The molecule has 0 radical (unpaired) electrons. The minimum atomic E-state index is -0.424. The van der Waals surface area contributed by atoms with E-state index in [4.69, 9.17) is 0 Å². The van der Waals surface area contributed by atoms with E-state index in [1.54, 1.807) is 31.1 Å². The summed E-state index contributed by atoms with van der Waals surface area (Å²) in [6.07, 6.45) is 1.43. The van der Waals surface area contributed by atoms with Crippen LogP contribution in [0.15, 0.2) is 18.3 Å². The van der Waals surface area contributed by atoms with E-state index in [0.29, 0.717) is 5.69 Å². The second-order valence-corrected chi connectivity index (χ2v) is 2.21. The number of hydrogen-bond acceptors (Lipinski definition) is 2. The lowest BCUT2D eigenvalue weighted by Crippen LogP contribution is -2.10. The maximum Gasteiger partial charge on any atom is 0.236 e. The quantitative estimate of drug-likeness (QED) is 0.546. The minimum absolute atomic E-state index is 0.424. The highest BCUT2D eigenvalue weighted by Gasteiger charge is 2.01. The Labute approximate surface area is 59.3 Å². The molecule has 2 nitrogen and oxygen atoms in total. The van der Waals surface area contributed by atoms with Crippen molar-refractivity contribution in [2.45, 2.75) is 0 Å². The van der Waals surface area contributed by atoms with Crippen LogP contribution in [-0.2, 0) is 0 Å². The molecular weight excluding hydrogens is 131 g/mol. The highest BCUT2D eigenvalue weighted by atomic mass is 19.1. The maximum atomic E-state index is 12.7. The molecule has 1 rings (SSSR count). The first kappa shape index (κ1) is 6.99. The van der Waals surface area contributed by atoms with Gasteiger partial charge in [0.2, 0.25) is 5.95 Å². The molecule has 10 heavy (non-hydrogen) atoms. The van der Waals surface area contributed by atoms with Gasteiger partial charge in [0.05, 0.1) is 5.69 Å². The zero-order chi connectivity index (χ0) is 7.56. The largest absolute Gasteiger partial charge is 0.374 e. The molecule has 1 aromatic rings. The molecule has 0 amide bonds. The van der Waals surface area contributed by atoms with Crippen LogP contribution in [0.3, 0.4) is 0 Å². The van der Waals surface area contributed by atoms with Crippen LogP contribution in [0.4, 0.5) is 10.1 Å². The Bertz CT molecular complexity index is 223. The molecule has 0 aliphatic rings. The highest BCUT2D eigenvalue weighted by molar-refractivity contribution is 5.42. The van der Waals surface area contributed by atoms with Crippen LogP contribution in [0, 0.1) is 5.95 Å². The lowest BCUT2D eigenvalue weighted by Gasteiger charge is -2.11. The fourth-order valence-corrected chi connectivity index (χ4v) is 0.711. The Kier molecular flexibility index (Phi) is 1.85. The number of halogens is 1. The Morgan fingerprint density at radius 2 is 2.20 bits per heavy atom. The van der Waals surface area contributed by atoms with Crippen molar-refractivity contribution in [2.24, 2.45) is 0 Å². The third kappa shape index (κ3) is 1.23. The van der Waals surface area contributed by atoms with Gasteiger partial charge in [-0.05, 0) is 12.1 Å². The first-order chi connectivity index (χ1) is 4.72. The maximum absolute atomic E-state index is 12.7. The van der Waals surface area contributed by atoms with Crippen molar-refractivity contribution in [3.8, 4) is 0 Å². The first-order valence-electron chi connectivity index (χ1n) is 2.99. The van der Waals surface area contributed by atoms with Crippen LogP contribution in [0.1, 0.15) is 0 Å². The molecule has 0 aliphatic carbocycles. The standard InChI is InChI=1S/C7H9FN2/c1-10(2)6-4-3-5-9-7(6)8/h3-5H,1-2H3. The SMILES string of the molecule is CN(C)c1cccnc1F. The van der Waals surface area contributed by atoms with E-state index in [-0.39, 0.29) is 0 Å². The molecule has 0 bridgehead atoms. The number of rotatable bonds is 1. The van der Waals surface area contributed by atoms with Gasteiger partial charge in [0.25, 0.3) is 0 Å². The van der Waals surface area contributed by atoms with Crippen molar-refractivity contribution in [3.05, 3.63) is 24.3 Å². The number of aromatic nitrogens is 1. The third-order valence-corrected chi connectivity index (χ3v) is 1.22. The summed E-state index contributed by atoms with van der Waals surface area (Å²) in [5, 5.41) is 0. The summed E-state index contributed by atoms with van der Waals surface area (Å²) in [6, 6.07) is 3.39. The van der Waals surface area contributed by atoms with Gasteiger partial charge in [0.15, 0.2) is 0 Å². The molecule has 0 atom stereocenters. The van der Waals surface area contributed by atoms with E-state index in [2.05, 4.69) is 4.98 Å². The fourth-order valence-electron chi connectivity index (χ4n) is 0.711. The summed E-state index contributed by atoms with van der Waals surface area (Å²) >= 11 is 0. The van der Waals surface area contributed by atoms with E-state index in [9.17, 15) is 4.39 Å². The van der Waals surface area contributed by atoms with Gasteiger partial charge >= 0.3 is 0 Å². The monoisotopic (exact) mass is 140 g/mol. The first-order valence-corrected chi connectivity index (χ1v) is 2.99. The number of nitrogens with zero attached hydrogens (tertiary/aromatic N) is 2. The zero-order valence-corrected chi connectivity index (χ0v) is 6.00. The molecule has 0 aliphatic heterocycles.